The number of carbonyl (C=O) groups is 2. The van der Waals surface area contributed by atoms with Gasteiger partial charge < -0.3 is 14.7 Å². The highest BCUT2D eigenvalue weighted by Gasteiger charge is 2.48. The lowest BCUT2D eigenvalue weighted by Crippen LogP contribution is -2.57. The van der Waals surface area contributed by atoms with Gasteiger partial charge in [0.25, 0.3) is 5.91 Å². The van der Waals surface area contributed by atoms with E-state index in [4.69, 9.17) is 27.9 Å². The van der Waals surface area contributed by atoms with Crippen molar-refractivity contribution in [2.75, 3.05) is 0 Å². The van der Waals surface area contributed by atoms with E-state index in [0.29, 0.717) is 28.1 Å². The van der Waals surface area contributed by atoms with Crippen molar-refractivity contribution in [2.45, 2.75) is 50.5 Å². The number of aliphatic carboxylic acids is 1. The number of ether oxygens (including phenoxy) is 1. The molecule has 0 bridgehead atoms. The summed E-state index contributed by atoms with van der Waals surface area (Å²) < 4.78 is 34.4. The third kappa shape index (κ3) is 5.95. The molecule has 194 valence electrons. The third-order valence-corrected chi connectivity index (χ3v) is 6.99. The Labute approximate surface area is 223 Å². The number of rotatable bonds is 8. The lowest BCUT2D eigenvalue weighted by atomic mass is 9.88. The van der Waals surface area contributed by atoms with Crippen molar-refractivity contribution >= 4 is 35.1 Å². The second-order valence-electron chi connectivity index (χ2n) is 8.93. The maximum Gasteiger partial charge on any atom is 0.326 e. The number of hydrogen-bond donors (Lipinski definition) is 1. The van der Waals surface area contributed by atoms with Crippen molar-refractivity contribution < 1.29 is 28.2 Å². The van der Waals surface area contributed by atoms with E-state index in [-0.39, 0.29) is 17.9 Å². The van der Waals surface area contributed by atoms with Gasteiger partial charge in [-0.25, -0.2) is 13.6 Å². The molecule has 0 saturated carbocycles. The van der Waals surface area contributed by atoms with E-state index in [2.05, 4.69) is 0 Å². The Morgan fingerprint density at radius 2 is 1.68 bits per heavy atom. The van der Waals surface area contributed by atoms with Crippen LogP contribution in [0.5, 0.6) is 0 Å². The molecule has 0 aromatic heterocycles. The Morgan fingerprint density at radius 3 is 2.27 bits per heavy atom. The lowest BCUT2D eigenvalue weighted by Gasteiger charge is -2.47. The van der Waals surface area contributed by atoms with E-state index in [0.717, 1.165) is 0 Å². The fourth-order valence-electron chi connectivity index (χ4n) is 4.68. The number of benzene rings is 3. The first-order valence-corrected chi connectivity index (χ1v) is 12.6. The minimum atomic E-state index is -1.16. The Hall–Kier alpha value is -3.00. The number of amides is 1. The minimum Gasteiger partial charge on any atom is -0.480 e. The quantitative estimate of drug-likeness (QED) is 0.337. The first-order chi connectivity index (χ1) is 17.7. The number of halogens is 4. The van der Waals surface area contributed by atoms with Crippen molar-refractivity contribution in [1.82, 2.24) is 4.90 Å². The predicted octanol–water partition coefficient (Wildman–Crippen LogP) is 6.78. The average molecular weight is 548 g/mol. The number of morpholine rings is 1. The summed E-state index contributed by atoms with van der Waals surface area (Å²) in [6.45, 7) is 1.83. The lowest BCUT2D eigenvalue weighted by molar-refractivity contribution is -0.184. The standard InChI is InChI=1S/C28H25Cl2F2NO4/c1-2-3-23(28(35)36)33-25(17-6-9-19(29)10-7-17)26(18-8-13-21(30)22(32)15-18)37-24(27(33)34)14-16-4-11-20(31)12-5-16/h4-13,15,23-26H,2-3,14H2,1H3,(H,35,36)/t23?,24-,25+,26-/m0/s1. The highest BCUT2D eigenvalue weighted by atomic mass is 35.5. The zero-order valence-electron chi connectivity index (χ0n) is 19.9. The zero-order chi connectivity index (χ0) is 26.7. The Kier molecular flexibility index (Phi) is 8.47. The summed E-state index contributed by atoms with van der Waals surface area (Å²) in [7, 11) is 0. The van der Waals surface area contributed by atoms with Crippen LogP contribution in [0.1, 0.15) is 48.6 Å². The van der Waals surface area contributed by atoms with Gasteiger partial charge in [0.15, 0.2) is 0 Å². The van der Waals surface area contributed by atoms with Crippen molar-refractivity contribution in [3.63, 3.8) is 0 Å². The topological polar surface area (TPSA) is 66.8 Å². The highest BCUT2D eigenvalue weighted by molar-refractivity contribution is 6.30. The van der Waals surface area contributed by atoms with Crippen molar-refractivity contribution in [2.24, 2.45) is 0 Å². The maximum atomic E-state index is 14.6. The van der Waals surface area contributed by atoms with Crippen LogP contribution in [0.25, 0.3) is 0 Å². The molecule has 1 unspecified atom stereocenters. The fourth-order valence-corrected chi connectivity index (χ4v) is 4.92. The summed E-state index contributed by atoms with van der Waals surface area (Å²) in [4.78, 5) is 27.7. The molecule has 1 aliphatic rings. The van der Waals surface area contributed by atoms with Crippen molar-refractivity contribution in [3.05, 3.63) is 105 Å². The van der Waals surface area contributed by atoms with Gasteiger partial charge in [-0.1, -0.05) is 66.9 Å². The molecular weight excluding hydrogens is 523 g/mol. The van der Waals surface area contributed by atoms with Crippen LogP contribution in [0.4, 0.5) is 8.78 Å². The van der Waals surface area contributed by atoms with Gasteiger partial charge in [-0.05, 0) is 59.5 Å². The largest absolute Gasteiger partial charge is 0.480 e. The second-order valence-corrected chi connectivity index (χ2v) is 9.78. The number of nitrogens with zero attached hydrogens (tertiary/aromatic N) is 1. The molecular formula is C28H25Cl2F2NO4. The number of hydrogen-bond acceptors (Lipinski definition) is 3. The van der Waals surface area contributed by atoms with Crippen molar-refractivity contribution in [3.8, 4) is 0 Å². The first-order valence-electron chi connectivity index (χ1n) is 11.8. The van der Waals surface area contributed by atoms with E-state index in [9.17, 15) is 23.5 Å². The summed E-state index contributed by atoms with van der Waals surface area (Å²) in [5, 5.41) is 10.5. The van der Waals surface area contributed by atoms with Crippen LogP contribution in [0.15, 0.2) is 66.7 Å². The van der Waals surface area contributed by atoms with E-state index < -0.39 is 47.8 Å². The smallest absolute Gasteiger partial charge is 0.326 e. The summed E-state index contributed by atoms with van der Waals surface area (Å²) in [6, 6.07) is 14.5. The monoisotopic (exact) mass is 547 g/mol. The number of carboxylic acid groups (broad SMARTS) is 1. The molecule has 3 aromatic rings. The summed E-state index contributed by atoms with van der Waals surface area (Å²) in [5.41, 5.74) is 1.61. The van der Waals surface area contributed by atoms with Gasteiger partial charge in [0, 0.05) is 11.4 Å². The van der Waals surface area contributed by atoms with Gasteiger partial charge in [-0.3, -0.25) is 4.79 Å². The van der Waals surface area contributed by atoms with Gasteiger partial charge >= 0.3 is 5.97 Å². The zero-order valence-corrected chi connectivity index (χ0v) is 21.4. The molecule has 0 radical (unpaired) electrons. The Balaban J connectivity index is 1.87. The number of carbonyl (C=O) groups excluding carboxylic acids is 1. The SMILES string of the molecule is CCCC(C(=O)O)N1C(=O)[C@H](Cc2ccc(F)cc2)O[C@@H](c2ccc(Cl)c(F)c2)[C@H]1c1ccc(Cl)cc1. The van der Waals surface area contributed by atoms with Gasteiger partial charge in [-0.2, -0.15) is 0 Å². The molecule has 1 aliphatic heterocycles. The van der Waals surface area contributed by atoms with E-state index >= 15 is 0 Å². The van der Waals surface area contributed by atoms with E-state index in [1.165, 1.54) is 29.2 Å². The van der Waals surface area contributed by atoms with Gasteiger partial charge in [0.05, 0.1) is 11.1 Å². The second kappa shape index (κ2) is 11.6. The molecule has 9 heteroatoms. The molecule has 4 atom stereocenters. The van der Waals surface area contributed by atoms with Crippen LogP contribution in [0, 0.1) is 11.6 Å². The minimum absolute atomic E-state index is 0.0761. The van der Waals surface area contributed by atoms with Gasteiger partial charge in [0.1, 0.15) is 29.9 Å². The number of carboxylic acids is 1. The van der Waals surface area contributed by atoms with Gasteiger partial charge in [-0.15, -0.1) is 0 Å². The predicted molar refractivity (Wildman–Crippen MR) is 136 cm³/mol. The molecule has 1 saturated heterocycles. The van der Waals surface area contributed by atoms with Crippen LogP contribution >= 0.6 is 23.2 Å². The van der Waals surface area contributed by atoms with Crippen LogP contribution in [0.2, 0.25) is 10.0 Å². The molecule has 3 aromatic carbocycles. The van der Waals surface area contributed by atoms with Crippen LogP contribution in [-0.4, -0.2) is 34.0 Å². The first kappa shape index (κ1) is 27.0. The molecule has 1 heterocycles. The Morgan fingerprint density at radius 1 is 1.03 bits per heavy atom. The van der Waals surface area contributed by atoms with Crippen LogP contribution in [0.3, 0.4) is 0 Å². The summed E-state index contributed by atoms with van der Waals surface area (Å²) in [6.07, 6.45) is -1.21. The van der Waals surface area contributed by atoms with Gasteiger partial charge in [0.2, 0.25) is 0 Å². The summed E-state index contributed by atoms with van der Waals surface area (Å²) in [5.74, 6) is -2.76. The fraction of sp³-hybridized carbons (Fsp3) is 0.286. The molecule has 1 fully saturated rings. The molecule has 37 heavy (non-hydrogen) atoms. The molecule has 1 amide bonds. The third-order valence-electron chi connectivity index (χ3n) is 6.43. The maximum absolute atomic E-state index is 14.6. The average Bonchev–Trinajstić information content (AvgIpc) is 2.87. The molecule has 5 nitrogen and oxygen atoms in total. The summed E-state index contributed by atoms with van der Waals surface area (Å²) >= 11 is 12.0. The molecule has 1 N–H and O–H groups in total. The Bertz CT molecular complexity index is 1270. The van der Waals surface area contributed by atoms with Crippen molar-refractivity contribution in [1.29, 1.82) is 0 Å². The molecule has 4 rings (SSSR count). The normalized spacial score (nSPS) is 20.6. The van der Waals surface area contributed by atoms with E-state index in [1.807, 2.05) is 6.92 Å². The molecule has 0 aliphatic carbocycles. The molecule has 0 spiro atoms. The van der Waals surface area contributed by atoms with E-state index in [1.54, 1.807) is 42.5 Å². The van der Waals surface area contributed by atoms with Crippen LogP contribution < -0.4 is 0 Å². The highest BCUT2D eigenvalue weighted by Crippen LogP contribution is 2.44. The van der Waals surface area contributed by atoms with Crippen LogP contribution in [-0.2, 0) is 20.7 Å².